The van der Waals surface area contributed by atoms with Crippen LogP contribution < -0.4 is 15.4 Å². The van der Waals surface area contributed by atoms with Crippen LogP contribution in [0.2, 0.25) is 0 Å². The van der Waals surface area contributed by atoms with E-state index < -0.39 is 10.0 Å². The van der Waals surface area contributed by atoms with Gasteiger partial charge < -0.3 is 20.1 Å². The number of carbonyl (C=O) groups excluding carboxylic acids is 1. The lowest BCUT2D eigenvalue weighted by Crippen LogP contribution is -2.40. The molecule has 9 heteroatoms. The fraction of sp³-hybridized carbons (Fsp3) is 0.480. The van der Waals surface area contributed by atoms with E-state index in [4.69, 9.17) is 9.47 Å². The summed E-state index contributed by atoms with van der Waals surface area (Å²) in [5.41, 5.74) is 1.74. The minimum atomic E-state index is -3.66. The van der Waals surface area contributed by atoms with Crippen molar-refractivity contribution < 1.29 is 22.7 Å². The first-order valence-corrected chi connectivity index (χ1v) is 13.2. The van der Waals surface area contributed by atoms with Crippen molar-refractivity contribution in [1.29, 1.82) is 0 Å². The zero-order valence-corrected chi connectivity index (χ0v) is 20.6. The third kappa shape index (κ3) is 5.71. The summed E-state index contributed by atoms with van der Waals surface area (Å²) in [6, 6.07) is 15.0. The summed E-state index contributed by atoms with van der Waals surface area (Å²) in [6.07, 6.45) is 2.01. The van der Waals surface area contributed by atoms with Gasteiger partial charge in [0.2, 0.25) is 15.9 Å². The fourth-order valence-corrected chi connectivity index (χ4v) is 5.55. The maximum atomic E-state index is 13.1. The van der Waals surface area contributed by atoms with Gasteiger partial charge in [-0.2, -0.15) is 4.31 Å². The van der Waals surface area contributed by atoms with Gasteiger partial charge in [-0.15, -0.1) is 0 Å². The Morgan fingerprint density at radius 2 is 1.82 bits per heavy atom. The number of nitrogens with one attached hydrogen (secondary N) is 2. The van der Waals surface area contributed by atoms with Crippen LogP contribution in [0.5, 0.6) is 5.75 Å². The van der Waals surface area contributed by atoms with Crippen LogP contribution in [0.3, 0.4) is 0 Å². The summed E-state index contributed by atoms with van der Waals surface area (Å²) >= 11 is 0. The van der Waals surface area contributed by atoms with E-state index in [9.17, 15) is 13.2 Å². The minimum Gasteiger partial charge on any atom is -0.489 e. The fourth-order valence-electron chi connectivity index (χ4n) is 4.12. The van der Waals surface area contributed by atoms with Gasteiger partial charge in [-0.05, 0) is 50.5 Å². The molecule has 4 rings (SSSR count). The summed E-state index contributed by atoms with van der Waals surface area (Å²) in [6.45, 7) is 5.79. The summed E-state index contributed by atoms with van der Waals surface area (Å²) < 4.78 is 38.7. The molecular formula is C25H33N3O5S. The Labute approximate surface area is 201 Å². The molecule has 2 N–H and O–H groups in total. The van der Waals surface area contributed by atoms with Gasteiger partial charge >= 0.3 is 0 Å². The number of amides is 1. The number of benzene rings is 2. The third-order valence-corrected chi connectivity index (χ3v) is 8.12. The molecule has 2 aromatic carbocycles. The van der Waals surface area contributed by atoms with E-state index in [0.717, 1.165) is 12.8 Å². The molecule has 1 saturated carbocycles. The van der Waals surface area contributed by atoms with E-state index in [1.54, 1.807) is 18.2 Å². The average Bonchev–Trinajstić information content (AvgIpc) is 3.64. The van der Waals surface area contributed by atoms with E-state index in [0.29, 0.717) is 44.3 Å². The van der Waals surface area contributed by atoms with Gasteiger partial charge in [-0.25, -0.2) is 8.42 Å². The summed E-state index contributed by atoms with van der Waals surface area (Å²) in [4.78, 5) is 12.8. The molecular weight excluding hydrogens is 454 g/mol. The van der Waals surface area contributed by atoms with Crippen molar-refractivity contribution in [1.82, 2.24) is 9.62 Å². The first kappa shape index (κ1) is 24.5. The van der Waals surface area contributed by atoms with E-state index in [-0.39, 0.29) is 28.9 Å². The third-order valence-electron chi connectivity index (χ3n) is 6.22. The highest BCUT2D eigenvalue weighted by Gasteiger charge is 2.44. The molecule has 1 amide bonds. The van der Waals surface area contributed by atoms with E-state index in [2.05, 4.69) is 22.8 Å². The molecule has 0 atom stereocenters. The molecule has 1 aliphatic carbocycles. The Kier molecular flexibility index (Phi) is 7.45. The molecule has 2 fully saturated rings. The Morgan fingerprint density at radius 3 is 2.47 bits per heavy atom. The molecule has 0 unspecified atom stereocenters. The first-order chi connectivity index (χ1) is 16.3. The van der Waals surface area contributed by atoms with E-state index in [1.807, 2.05) is 32.0 Å². The van der Waals surface area contributed by atoms with Crippen molar-refractivity contribution >= 4 is 21.6 Å². The number of anilines is 1. The second-order valence-corrected chi connectivity index (χ2v) is 11.1. The zero-order valence-electron chi connectivity index (χ0n) is 19.7. The second kappa shape index (κ2) is 10.3. The van der Waals surface area contributed by atoms with Crippen LogP contribution in [-0.2, 0) is 25.0 Å². The normalized spacial score (nSPS) is 17.9. The predicted octanol–water partition coefficient (Wildman–Crippen LogP) is 2.75. The highest BCUT2D eigenvalue weighted by Crippen LogP contribution is 2.47. The van der Waals surface area contributed by atoms with Gasteiger partial charge in [-0.1, -0.05) is 30.3 Å². The van der Waals surface area contributed by atoms with Gasteiger partial charge in [0.1, 0.15) is 5.75 Å². The number of carbonyl (C=O) groups is 1. The van der Waals surface area contributed by atoms with Crippen molar-refractivity contribution in [3.8, 4) is 5.75 Å². The number of sulfonamides is 1. The van der Waals surface area contributed by atoms with Crippen LogP contribution in [-0.4, -0.2) is 64.1 Å². The van der Waals surface area contributed by atoms with Crippen LogP contribution >= 0.6 is 0 Å². The Balaban J connectivity index is 1.43. The van der Waals surface area contributed by atoms with Crippen LogP contribution in [0, 0.1) is 0 Å². The molecule has 0 spiro atoms. The molecule has 1 saturated heterocycles. The lowest BCUT2D eigenvalue weighted by Gasteiger charge is -2.26. The van der Waals surface area contributed by atoms with Crippen molar-refractivity contribution in [2.75, 3.05) is 44.7 Å². The molecule has 0 radical (unpaired) electrons. The SMILES string of the molecule is CC(C)Oc1ccc(S(=O)(=O)N2CCOCC2)cc1NCC(=O)NCC1(c2ccccc2)CC1. The number of hydrogen-bond donors (Lipinski definition) is 2. The van der Waals surface area contributed by atoms with E-state index in [1.165, 1.54) is 9.87 Å². The largest absolute Gasteiger partial charge is 0.489 e. The molecule has 0 bridgehead atoms. The number of nitrogens with zero attached hydrogens (tertiary/aromatic N) is 1. The molecule has 8 nitrogen and oxygen atoms in total. The van der Waals surface area contributed by atoms with Crippen LogP contribution in [0.15, 0.2) is 53.4 Å². The average molecular weight is 488 g/mol. The molecule has 2 aromatic rings. The van der Waals surface area contributed by atoms with Gasteiger partial charge in [0.25, 0.3) is 0 Å². The first-order valence-electron chi connectivity index (χ1n) is 11.7. The number of ether oxygens (including phenoxy) is 2. The van der Waals surface area contributed by atoms with Gasteiger partial charge in [0.15, 0.2) is 0 Å². The molecule has 2 aliphatic rings. The summed E-state index contributed by atoms with van der Waals surface area (Å²) in [5, 5.41) is 6.11. The molecule has 0 aromatic heterocycles. The zero-order chi connectivity index (χ0) is 24.2. The van der Waals surface area contributed by atoms with Crippen LogP contribution in [0.4, 0.5) is 5.69 Å². The van der Waals surface area contributed by atoms with Gasteiger partial charge in [0, 0.05) is 25.0 Å². The lowest BCUT2D eigenvalue weighted by molar-refractivity contribution is -0.119. The van der Waals surface area contributed by atoms with Crippen molar-refractivity contribution in [2.24, 2.45) is 0 Å². The molecule has 34 heavy (non-hydrogen) atoms. The van der Waals surface area contributed by atoms with Crippen molar-refractivity contribution in [2.45, 2.75) is 43.1 Å². The van der Waals surface area contributed by atoms with Crippen molar-refractivity contribution in [3.63, 3.8) is 0 Å². The highest BCUT2D eigenvalue weighted by atomic mass is 32.2. The Bertz CT molecular complexity index is 1090. The molecule has 1 heterocycles. The maximum Gasteiger partial charge on any atom is 0.243 e. The second-order valence-electron chi connectivity index (χ2n) is 9.12. The number of hydrogen-bond acceptors (Lipinski definition) is 6. The quantitative estimate of drug-likeness (QED) is 0.535. The monoisotopic (exact) mass is 487 g/mol. The topological polar surface area (TPSA) is 97.0 Å². The lowest BCUT2D eigenvalue weighted by atomic mass is 9.96. The minimum absolute atomic E-state index is 0.0143. The number of rotatable bonds is 10. The van der Waals surface area contributed by atoms with Crippen molar-refractivity contribution in [3.05, 3.63) is 54.1 Å². The predicted molar refractivity (Wildman–Crippen MR) is 131 cm³/mol. The Morgan fingerprint density at radius 1 is 1.12 bits per heavy atom. The smallest absolute Gasteiger partial charge is 0.243 e. The van der Waals surface area contributed by atoms with Crippen LogP contribution in [0.1, 0.15) is 32.3 Å². The summed E-state index contributed by atoms with van der Waals surface area (Å²) in [5.74, 6) is 0.353. The Hall–Kier alpha value is -2.62. The van der Waals surface area contributed by atoms with Gasteiger partial charge in [-0.3, -0.25) is 4.79 Å². The summed E-state index contributed by atoms with van der Waals surface area (Å²) in [7, 11) is -3.66. The molecule has 1 aliphatic heterocycles. The molecule has 184 valence electrons. The van der Waals surface area contributed by atoms with Crippen LogP contribution in [0.25, 0.3) is 0 Å². The standard InChI is InChI=1S/C25H33N3O5S/c1-19(2)33-23-9-8-21(34(30,31)28-12-14-32-15-13-28)16-22(23)26-17-24(29)27-18-25(10-11-25)20-6-4-3-5-7-20/h3-9,16,19,26H,10-15,17-18H2,1-2H3,(H,27,29). The van der Waals surface area contributed by atoms with Gasteiger partial charge in [0.05, 0.1) is 36.4 Å². The number of morpholine rings is 1. The van der Waals surface area contributed by atoms with E-state index >= 15 is 0 Å². The highest BCUT2D eigenvalue weighted by molar-refractivity contribution is 7.89. The maximum absolute atomic E-state index is 13.1.